The molecule has 192 valence electrons. The Morgan fingerprint density at radius 2 is 1.70 bits per heavy atom. The van der Waals surface area contributed by atoms with E-state index in [4.69, 9.17) is 0 Å². The van der Waals surface area contributed by atoms with Crippen LogP contribution < -0.4 is 15.5 Å². The average Bonchev–Trinajstić information content (AvgIpc) is 3.14. The third-order valence-electron chi connectivity index (χ3n) is 7.30. The maximum Gasteiger partial charge on any atom is 0.262 e. The normalized spacial score (nSPS) is 20.2. The lowest BCUT2D eigenvalue weighted by atomic mass is 9.96. The topological polar surface area (TPSA) is 116 Å². The molecule has 0 aliphatic carbocycles. The summed E-state index contributed by atoms with van der Waals surface area (Å²) in [6, 6.07) is 10.4. The molecule has 5 amide bonds. The summed E-state index contributed by atoms with van der Waals surface area (Å²) in [5.74, 6) is -2.41. The molecular weight excluding hydrogens is 479 g/mol. The van der Waals surface area contributed by atoms with Gasteiger partial charge in [-0.05, 0) is 55.0 Å². The van der Waals surface area contributed by atoms with Crippen molar-refractivity contribution in [2.45, 2.75) is 38.1 Å². The molecule has 2 fully saturated rings. The van der Waals surface area contributed by atoms with Gasteiger partial charge in [-0.2, -0.15) is 0 Å². The molecule has 5 rings (SSSR count). The van der Waals surface area contributed by atoms with E-state index < -0.39 is 29.7 Å². The van der Waals surface area contributed by atoms with Crippen molar-refractivity contribution in [2.75, 3.05) is 24.5 Å². The van der Waals surface area contributed by atoms with Gasteiger partial charge in [-0.15, -0.1) is 0 Å². The molecule has 2 aromatic rings. The minimum absolute atomic E-state index is 0.00321. The van der Waals surface area contributed by atoms with Gasteiger partial charge in [0.25, 0.3) is 11.8 Å². The highest BCUT2D eigenvalue weighted by molar-refractivity contribution is 6.23. The van der Waals surface area contributed by atoms with E-state index in [0.29, 0.717) is 25.2 Å². The van der Waals surface area contributed by atoms with Crippen LogP contribution in [0.5, 0.6) is 0 Å². The summed E-state index contributed by atoms with van der Waals surface area (Å²) in [6.07, 6.45) is 1.85. The van der Waals surface area contributed by atoms with Crippen LogP contribution in [0.1, 0.15) is 52.0 Å². The van der Waals surface area contributed by atoms with Gasteiger partial charge in [0.1, 0.15) is 11.9 Å². The Labute approximate surface area is 213 Å². The molecule has 10 heteroatoms. The van der Waals surface area contributed by atoms with E-state index in [-0.39, 0.29) is 48.0 Å². The van der Waals surface area contributed by atoms with Crippen molar-refractivity contribution < 1.29 is 28.4 Å². The van der Waals surface area contributed by atoms with Crippen molar-refractivity contribution in [3.05, 3.63) is 65.0 Å². The second-order valence-corrected chi connectivity index (χ2v) is 9.68. The molecule has 2 N–H and O–H groups in total. The number of amides is 5. The van der Waals surface area contributed by atoms with Gasteiger partial charge < -0.3 is 10.2 Å². The average molecular weight is 507 g/mol. The van der Waals surface area contributed by atoms with Gasteiger partial charge in [0.2, 0.25) is 17.7 Å². The summed E-state index contributed by atoms with van der Waals surface area (Å²) >= 11 is 0. The Morgan fingerprint density at radius 3 is 2.43 bits per heavy atom. The van der Waals surface area contributed by atoms with Crippen LogP contribution in [-0.2, 0) is 20.8 Å². The number of nitrogens with one attached hydrogen (secondary N) is 2. The van der Waals surface area contributed by atoms with Crippen molar-refractivity contribution in [1.29, 1.82) is 0 Å². The molecule has 3 heterocycles. The predicted molar refractivity (Wildman–Crippen MR) is 131 cm³/mol. The van der Waals surface area contributed by atoms with E-state index in [1.54, 1.807) is 36.4 Å². The summed E-state index contributed by atoms with van der Waals surface area (Å²) in [5.41, 5.74) is 1.70. The van der Waals surface area contributed by atoms with Crippen molar-refractivity contribution in [2.24, 2.45) is 5.92 Å². The highest BCUT2D eigenvalue weighted by atomic mass is 19.1. The lowest BCUT2D eigenvalue weighted by molar-refractivity contribution is -0.136. The standard InChI is InChI=1S/C27H27FN4O5/c28-21-4-2-1-3-17(21)13-24(34)29-15-16-9-11-31(12-10-16)18-5-6-19-20(14-18)27(37)32(26(19)36)22-7-8-23(33)30-25(22)35/h1-6,14,16,22H,7-13,15H2,(H,29,34)(H,30,33,35). The number of carbonyl (C=O) groups is 5. The third kappa shape index (κ3) is 4.96. The maximum atomic E-state index is 13.8. The Hall–Kier alpha value is -4.08. The van der Waals surface area contributed by atoms with Crippen LogP contribution in [0, 0.1) is 11.7 Å². The molecule has 0 radical (unpaired) electrons. The highest BCUT2D eigenvalue weighted by Gasteiger charge is 2.44. The molecule has 2 aromatic carbocycles. The number of nitrogens with zero attached hydrogens (tertiary/aromatic N) is 2. The zero-order valence-electron chi connectivity index (χ0n) is 20.2. The van der Waals surface area contributed by atoms with Gasteiger partial charge in [-0.25, -0.2) is 4.39 Å². The number of fused-ring (bicyclic) bond motifs is 1. The number of imide groups is 2. The van der Waals surface area contributed by atoms with Crippen LogP contribution in [0.2, 0.25) is 0 Å². The first-order valence-corrected chi connectivity index (χ1v) is 12.4. The molecule has 3 aliphatic heterocycles. The summed E-state index contributed by atoms with van der Waals surface area (Å²) < 4.78 is 13.8. The van der Waals surface area contributed by atoms with Crippen molar-refractivity contribution >= 4 is 35.2 Å². The zero-order chi connectivity index (χ0) is 26.1. The van der Waals surface area contributed by atoms with E-state index in [1.165, 1.54) is 6.07 Å². The van der Waals surface area contributed by atoms with Gasteiger partial charge in [-0.1, -0.05) is 18.2 Å². The minimum Gasteiger partial charge on any atom is -0.371 e. The van der Waals surface area contributed by atoms with Gasteiger partial charge >= 0.3 is 0 Å². The van der Waals surface area contributed by atoms with Crippen LogP contribution in [-0.4, -0.2) is 60.1 Å². The smallest absolute Gasteiger partial charge is 0.262 e. The first kappa shape index (κ1) is 24.6. The Kier molecular flexibility index (Phi) is 6.73. The van der Waals surface area contributed by atoms with E-state index >= 15 is 0 Å². The summed E-state index contributed by atoms with van der Waals surface area (Å²) in [6.45, 7) is 1.94. The number of rotatable bonds is 6. The zero-order valence-corrected chi connectivity index (χ0v) is 20.2. The molecule has 3 aliphatic rings. The Bertz CT molecular complexity index is 1290. The number of halogens is 1. The molecule has 2 saturated heterocycles. The van der Waals surface area contributed by atoms with Crippen molar-refractivity contribution in [3.8, 4) is 0 Å². The van der Waals surface area contributed by atoms with Crippen LogP contribution in [0.15, 0.2) is 42.5 Å². The molecule has 1 atom stereocenters. The monoisotopic (exact) mass is 506 g/mol. The van der Waals surface area contributed by atoms with Crippen molar-refractivity contribution in [3.63, 3.8) is 0 Å². The van der Waals surface area contributed by atoms with Gasteiger partial charge in [-0.3, -0.25) is 34.2 Å². The molecule has 0 saturated carbocycles. The lowest BCUT2D eigenvalue weighted by Gasteiger charge is -2.34. The Morgan fingerprint density at radius 1 is 0.973 bits per heavy atom. The maximum absolute atomic E-state index is 13.8. The Balaban J connectivity index is 1.17. The van der Waals surface area contributed by atoms with Crippen LogP contribution in [0.3, 0.4) is 0 Å². The molecule has 9 nitrogen and oxygen atoms in total. The number of piperidine rings is 2. The largest absolute Gasteiger partial charge is 0.371 e. The van der Waals surface area contributed by atoms with E-state index in [1.807, 2.05) is 0 Å². The summed E-state index contributed by atoms with van der Waals surface area (Å²) in [4.78, 5) is 65.0. The molecule has 37 heavy (non-hydrogen) atoms. The third-order valence-corrected chi connectivity index (χ3v) is 7.30. The molecule has 0 bridgehead atoms. The first-order valence-electron chi connectivity index (χ1n) is 12.4. The molecular formula is C27H27FN4O5. The second kappa shape index (κ2) is 10.1. The molecule has 1 unspecified atom stereocenters. The summed E-state index contributed by atoms with van der Waals surface area (Å²) in [7, 11) is 0. The number of carbonyl (C=O) groups excluding carboxylic acids is 5. The van der Waals surface area contributed by atoms with Gasteiger partial charge in [0.05, 0.1) is 17.5 Å². The SMILES string of the molecule is O=C(Cc1ccccc1F)NCC1CCN(c2ccc3c(c2)C(=O)N(C2CCC(=O)NC2=O)C3=O)CC1. The fraction of sp³-hybridized carbons (Fsp3) is 0.370. The second-order valence-electron chi connectivity index (χ2n) is 9.68. The highest BCUT2D eigenvalue weighted by Crippen LogP contribution is 2.32. The van der Waals surface area contributed by atoms with E-state index in [0.717, 1.165) is 23.4 Å². The van der Waals surface area contributed by atoms with Crippen molar-refractivity contribution in [1.82, 2.24) is 15.5 Å². The van der Waals surface area contributed by atoms with Crippen LogP contribution in [0.4, 0.5) is 10.1 Å². The fourth-order valence-corrected chi connectivity index (χ4v) is 5.19. The van der Waals surface area contributed by atoms with Crippen LogP contribution in [0.25, 0.3) is 0 Å². The van der Waals surface area contributed by atoms with E-state index in [9.17, 15) is 28.4 Å². The van der Waals surface area contributed by atoms with Gasteiger partial charge in [0.15, 0.2) is 0 Å². The molecule has 0 aromatic heterocycles. The number of benzene rings is 2. The quantitative estimate of drug-likeness (QED) is 0.578. The fourth-order valence-electron chi connectivity index (χ4n) is 5.19. The molecule has 0 spiro atoms. The van der Waals surface area contributed by atoms with Crippen LogP contribution >= 0.6 is 0 Å². The lowest BCUT2D eigenvalue weighted by Crippen LogP contribution is -2.54. The number of hydrogen-bond donors (Lipinski definition) is 2. The predicted octanol–water partition coefficient (Wildman–Crippen LogP) is 1.80. The minimum atomic E-state index is -0.988. The first-order chi connectivity index (χ1) is 17.8. The summed E-state index contributed by atoms with van der Waals surface area (Å²) in [5, 5.41) is 5.10. The number of hydrogen-bond acceptors (Lipinski definition) is 6. The van der Waals surface area contributed by atoms with Gasteiger partial charge in [0, 0.05) is 31.7 Å². The van der Waals surface area contributed by atoms with E-state index in [2.05, 4.69) is 15.5 Å². The number of anilines is 1.